The van der Waals surface area contributed by atoms with Gasteiger partial charge in [-0.25, -0.2) is 0 Å². The molecule has 3 nitrogen and oxygen atoms in total. The summed E-state index contributed by atoms with van der Waals surface area (Å²) in [5, 5.41) is 12.9. The van der Waals surface area contributed by atoms with Crippen LogP contribution in [0, 0.1) is 11.3 Å². The van der Waals surface area contributed by atoms with Gasteiger partial charge >= 0.3 is 0 Å². The van der Waals surface area contributed by atoms with Crippen molar-refractivity contribution in [1.29, 1.82) is 5.26 Å². The molecular weight excluding hydrogens is 222 g/mol. The predicted octanol–water partition coefficient (Wildman–Crippen LogP) is 2.92. The molecule has 0 bridgehead atoms. The predicted molar refractivity (Wildman–Crippen MR) is 76.4 cm³/mol. The summed E-state index contributed by atoms with van der Waals surface area (Å²) in [6.07, 6.45) is 7.20. The van der Waals surface area contributed by atoms with Crippen LogP contribution in [0.2, 0.25) is 0 Å². The van der Waals surface area contributed by atoms with E-state index in [0.29, 0.717) is 12.1 Å². The highest BCUT2D eigenvalue weighted by Gasteiger charge is 2.34. The van der Waals surface area contributed by atoms with Crippen molar-refractivity contribution >= 4 is 0 Å². The molecule has 3 heteroatoms. The van der Waals surface area contributed by atoms with Crippen molar-refractivity contribution in [1.82, 2.24) is 10.2 Å². The van der Waals surface area contributed by atoms with Gasteiger partial charge in [-0.05, 0) is 53.1 Å². The van der Waals surface area contributed by atoms with E-state index >= 15 is 0 Å². The van der Waals surface area contributed by atoms with Crippen molar-refractivity contribution in [3.63, 3.8) is 0 Å². The minimum absolute atomic E-state index is 0.362. The molecule has 0 amide bonds. The summed E-state index contributed by atoms with van der Waals surface area (Å²) >= 11 is 0. The van der Waals surface area contributed by atoms with E-state index in [0.717, 1.165) is 13.0 Å². The summed E-state index contributed by atoms with van der Waals surface area (Å²) in [5.41, 5.74) is -0.362. The van der Waals surface area contributed by atoms with Crippen molar-refractivity contribution in [2.75, 3.05) is 13.6 Å². The lowest BCUT2D eigenvalue weighted by atomic mass is 9.94. The Morgan fingerprint density at radius 1 is 1.44 bits per heavy atom. The van der Waals surface area contributed by atoms with Gasteiger partial charge in [0.05, 0.1) is 6.07 Å². The molecule has 0 aromatic carbocycles. The van der Waals surface area contributed by atoms with E-state index < -0.39 is 0 Å². The van der Waals surface area contributed by atoms with Crippen molar-refractivity contribution in [3.05, 3.63) is 0 Å². The number of unbranched alkanes of at least 4 members (excludes halogenated alkanes) is 2. The number of nitrogens with one attached hydrogen (secondary N) is 1. The van der Waals surface area contributed by atoms with Gasteiger partial charge in [0.1, 0.15) is 5.54 Å². The molecule has 1 N–H and O–H groups in total. The van der Waals surface area contributed by atoms with E-state index in [1.54, 1.807) is 0 Å². The number of hydrogen-bond donors (Lipinski definition) is 1. The van der Waals surface area contributed by atoms with Crippen molar-refractivity contribution in [2.45, 2.75) is 76.9 Å². The second-order valence-electron chi connectivity index (χ2n) is 6.10. The molecule has 0 aromatic heterocycles. The molecule has 2 atom stereocenters. The molecule has 0 spiro atoms. The van der Waals surface area contributed by atoms with Crippen LogP contribution in [-0.4, -0.2) is 36.1 Å². The normalized spacial score (nSPS) is 20.4. The smallest absolute Gasteiger partial charge is 0.105 e. The largest absolute Gasteiger partial charge is 0.304 e. The average Bonchev–Trinajstić information content (AvgIpc) is 3.12. The van der Waals surface area contributed by atoms with E-state index in [4.69, 9.17) is 0 Å². The highest BCUT2D eigenvalue weighted by atomic mass is 15.1. The topological polar surface area (TPSA) is 39.1 Å². The summed E-state index contributed by atoms with van der Waals surface area (Å²) in [6, 6.07) is 3.51. The maximum atomic E-state index is 9.38. The van der Waals surface area contributed by atoms with E-state index in [2.05, 4.69) is 37.2 Å². The van der Waals surface area contributed by atoms with E-state index in [-0.39, 0.29) is 5.54 Å². The maximum absolute atomic E-state index is 9.38. The molecule has 18 heavy (non-hydrogen) atoms. The zero-order valence-electron chi connectivity index (χ0n) is 12.5. The van der Waals surface area contributed by atoms with E-state index in [9.17, 15) is 5.26 Å². The molecule has 2 unspecified atom stereocenters. The van der Waals surface area contributed by atoms with Gasteiger partial charge in [0.2, 0.25) is 0 Å². The summed E-state index contributed by atoms with van der Waals surface area (Å²) in [6.45, 7) is 7.65. The highest BCUT2D eigenvalue weighted by molar-refractivity contribution is 5.08. The molecular formula is C15H29N3. The van der Waals surface area contributed by atoms with Crippen molar-refractivity contribution in [2.24, 2.45) is 0 Å². The summed E-state index contributed by atoms with van der Waals surface area (Å²) in [4.78, 5) is 2.39. The fourth-order valence-electron chi connectivity index (χ4n) is 2.39. The highest BCUT2D eigenvalue weighted by Crippen LogP contribution is 2.25. The van der Waals surface area contributed by atoms with Crippen molar-refractivity contribution < 1.29 is 0 Å². The Balaban J connectivity index is 2.35. The molecule has 0 heterocycles. The Morgan fingerprint density at radius 3 is 2.61 bits per heavy atom. The Kier molecular flexibility index (Phi) is 6.11. The molecule has 0 radical (unpaired) electrons. The van der Waals surface area contributed by atoms with Crippen LogP contribution in [0.3, 0.4) is 0 Å². The van der Waals surface area contributed by atoms with Gasteiger partial charge in [-0.1, -0.05) is 19.8 Å². The summed E-state index contributed by atoms with van der Waals surface area (Å²) < 4.78 is 0. The van der Waals surface area contributed by atoms with Crippen LogP contribution in [0.25, 0.3) is 0 Å². The Labute approximate surface area is 113 Å². The minimum Gasteiger partial charge on any atom is -0.304 e. The number of nitrogens with zero attached hydrogens (tertiary/aromatic N) is 2. The Bertz CT molecular complexity index is 280. The van der Waals surface area contributed by atoms with Gasteiger partial charge in [0.25, 0.3) is 0 Å². The van der Waals surface area contributed by atoms with Gasteiger partial charge in [-0.15, -0.1) is 0 Å². The van der Waals surface area contributed by atoms with Gasteiger partial charge in [0, 0.05) is 12.1 Å². The van der Waals surface area contributed by atoms with E-state index in [1.807, 2.05) is 6.92 Å². The first-order valence-electron chi connectivity index (χ1n) is 7.40. The number of hydrogen-bond acceptors (Lipinski definition) is 3. The second kappa shape index (κ2) is 7.11. The average molecular weight is 251 g/mol. The van der Waals surface area contributed by atoms with Crippen LogP contribution < -0.4 is 5.32 Å². The molecule has 1 fully saturated rings. The minimum atomic E-state index is -0.362. The van der Waals surface area contributed by atoms with Crippen LogP contribution in [-0.2, 0) is 0 Å². The molecule has 1 saturated carbocycles. The Morgan fingerprint density at radius 2 is 2.11 bits per heavy atom. The van der Waals surface area contributed by atoms with Crippen LogP contribution in [0.5, 0.6) is 0 Å². The fourth-order valence-corrected chi connectivity index (χ4v) is 2.39. The lowest BCUT2D eigenvalue weighted by molar-refractivity contribution is 0.209. The van der Waals surface area contributed by atoms with Crippen LogP contribution in [0.4, 0.5) is 0 Å². The number of rotatable bonds is 9. The van der Waals surface area contributed by atoms with Crippen LogP contribution in [0.15, 0.2) is 0 Å². The SMILES string of the molecule is CCCCCN(C)C(C)CC(C)(C#N)NC1CC1. The zero-order chi connectivity index (χ0) is 13.6. The molecule has 1 rings (SSSR count). The monoisotopic (exact) mass is 251 g/mol. The number of nitriles is 1. The standard InChI is InChI=1S/C15H29N3/c1-5-6-7-10-18(4)13(2)11-15(3,12-16)17-14-8-9-14/h13-14,17H,5-11H2,1-4H3. The lowest BCUT2D eigenvalue weighted by Crippen LogP contribution is -2.47. The van der Waals surface area contributed by atoms with Gasteiger partial charge in [0.15, 0.2) is 0 Å². The van der Waals surface area contributed by atoms with Gasteiger partial charge in [-0.3, -0.25) is 5.32 Å². The maximum Gasteiger partial charge on any atom is 0.105 e. The van der Waals surface area contributed by atoms with Crippen LogP contribution in [0.1, 0.15) is 59.3 Å². The third-order valence-electron chi connectivity index (χ3n) is 3.92. The van der Waals surface area contributed by atoms with E-state index in [1.165, 1.54) is 32.1 Å². The second-order valence-corrected chi connectivity index (χ2v) is 6.10. The zero-order valence-corrected chi connectivity index (χ0v) is 12.5. The van der Waals surface area contributed by atoms with Gasteiger partial charge in [-0.2, -0.15) is 5.26 Å². The summed E-state index contributed by atoms with van der Waals surface area (Å²) in [7, 11) is 2.18. The first-order chi connectivity index (χ1) is 8.50. The first-order valence-corrected chi connectivity index (χ1v) is 7.40. The molecule has 0 saturated heterocycles. The third kappa shape index (κ3) is 5.37. The first kappa shape index (κ1) is 15.5. The van der Waals surface area contributed by atoms with Gasteiger partial charge < -0.3 is 4.90 Å². The lowest BCUT2D eigenvalue weighted by Gasteiger charge is -2.32. The Hall–Kier alpha value is -0.590. The van der Waals surface area contributed by atoms with Crippen molar-refractivity contribution in [3.8, 4) is 6.07 Å². The molecule has 0 aromatic rings. The van der Waals surface area contributed by atoms with Crippen LogP contribution >= 0.6 is 0 Å². The fraction of sp³-hybridized carbons (Fsp3) is 0.933. The molecule has 1 aliphatic carbocycles. The summed E-state index contributed by atoms with van der Waals surface area (Å²) in [5.74, 6) is 0. The molecule has 104 valence electrons. The molecule has 1 aliphatic rings. The quantitative estimate of drug-likeness (QED) is 0.640. The molecule has 0 aliphatic heterocycles. The third-order valence-corrected chi connectivity index (χ3v) is 3.92.